The van der Waals surface area contributed by atoms with Gasteiger partial charge in [0.2, 0.25) is 0 Å². The minimum absolute atomic E-state index is 0.217. The molecule has 0 spiro atoms. The van der Waals surface area contributed by atoms with Gasteiger partial charge < -0.3 is 9.47 Å². The molecule has 6 heteroatoms. The average Bonchev–Trinajstić information content (AvgIpc) is 3.36. The van der Waals surface area contributed by atoms with Crippen molar-refractivity contribution in [2.24, 2.45) is 0 Å². The maximum atomic E-state index is 11.8. The van der Waals surface area contributed by atoms with Crippen molar-refractivity contribution in [1.82, 2.24) is 9.55 Å². The summed E-state index contributed by atoms with van der Waals surface area (Å²) in [4.78, 5) is 16.2. The summed E-state index contributed by atoms with van der Waals surface area (Å²) in [6.45, 7) is 3.96. The van der Waals surface area contributed by atoms with Crippen molar-refractivity contribution in [1.29, 1.82) is 0 Å². The van der Waals surface area contributed by atoms with E-state index in [0.717, 1.165) is 5.56 Å². The first kappa shape index (κ1) is 20.5. The number of ether oxygens (including phenoxy) is 2. The second-order valence-corrected chi connectivity index (χ2v) is 7.53. The van der Waals surface area contributed by atoms with Crippen LogP contribution in [0.5, 0.6) is 11.8 Å². The Hall–Kier alpha value is -3.75. The molecule has 2 aliphatic carbocycles. The molecule has 0 aliphatic heterocycles. The summed E-state index contributed by atoms with van der Waals surface area (Å²) in [5, 5.41) is 0.550. The first-order valence-electron chi connectivity index (χ1n) is 9.53. The van der Waals surface area contributed by atoms with Crippen LogP contribution in [0.3, 0.4) is 0 Å². The SMILES string of the molecule is C#Cn1c(Oc2ccc(C)c(C(=O)OC)c2)nc2ccc(Cl)cc21.Cc1ccc2cc1-2. The number of halogens is 1. The third kappa shape index (κ3) is 4.11. The average molecular weight is 431 g/mol. The number of esters is 1. The van der Waals surface area contributed by atoms with Crippen LogP contribution in [-0.2, 0) is 4.74 Å². The fraction of sp³-hybridized carbons (Fsp3) is 0.120. The minimum atomic E-state index is -0.435. The van der Waals surface area contributed by atoms with E-state index in [1.807, 2.05) is 6.92 Å². The fourth-order valence-electron chi connectivity index (χ4n) is 3.22. The van der Waals surface area contributed by atoms with Gasteiger partial charge in [-0.3, -0.25) is 0 Å². The molecule has 1 heterocycles. The number of terminal acetylenes is 1. The van der Waals surface area contributed by atoms with Gasteiger partial charge in [0.05, 0.1) is 23.7 Å². The molecule has 0 amide bonds. The standard InChI is InChI=1S/C18H13ClN2O3.C7H6/c1-4-21-16-9-12(19)6-8-15(16)20-18(21)24-13-7-5-11(2)14(10-13)17(22)23-3;1-5-2-3-6-4-7(5)6/h1,5-10H,2-3H3;2-4H,1H3. The first-order valence-corrected chi connectivity index (χ1v) is 9.91. The van der Waals surface area contributed by atoms with Crippen LogP contribution in [0.25, 0.3) is 22.2 Å². The smallest absolute Gasteiger partial charge is 0.338 e. The fourth-order valence-corrected chi connectivity index (χ4v) is 3.39. The minimum Gasteiger partial charge on any atom is -0.465 e. The molecule has 0 saturated carbocycles. The maximum Gasteiger partial charge on any atom is 0.338 e. The highest BCUT2D eigenvalue weighted by molar-refractivity contribution is 6.31. The van der Waals surface area contributed by atoms with Gasteiger partial charge in [0, 0.05) is 11.1 Å². The highest BCUT2D eigenvalue weighted by Gasteiger charge is 2.15. The van der Waals surface area contributed by atoms with E-state index in [4.69, 9.17) is 27.5 Å². The van der Waals surface area contributed by atoms with Crippen LogP contribution in [0.15, 0.2) is 54.6 Å². The Morgan fingerprint density at radius 1 is 1.06 bits per heavy atom. The zero-order valence-electron chi connectivity index (χ0n) is 17.3. The number of carbonyl (C=O) groups excluding carboxylic acids is 1. The molecule has 5 rings (SSSR count). The molecule has 154 valence electrons. The first-order chi connectivity index (χ1) is 14.9. The molecule has 5 nitrogen and oxygen atoms in total. The van der Waals surface area contributed by atoms with Crippen LogP contribution < -0.4 is 4.74 Å². The Kier molecular flexibility index (Phi) is 5.41. The number of benzene rings is 3. The Labute approximate surface area is 185 Å². The predicted octanol–water partition coefficient (Wildman–Crippen LogP) is 5.99. The molecule has 0 unspecified atom stereocenters. The normalized spacial score (nSPS) is 10.7. The van der Waals surface area contributed by atoms with Gasteiger partial charge in [-0.1, -0.05) is 36.2 Å². The summed E-state index contributed by atoms with van der Waals surface area (Å²) >= 11 is 6.00. The molecule has 1 aromatic heterocycles. The number of hydrogen-bond donors (Lipinski definition) is 0. The van der Waals surface area contributed by atoms with Crippen molar-refractivity contribution in [3.05, 3.63) is 76.3 Å². The number of aromatic nitrogens is 2. The Balaban J connectivity index is 0.000000275. The Morgan fingerprint density at radius 3 is 2.42 bits per heavy atom. The van der Waals surface area contributed by atoms with E-state index in [-0.39, 0.29) is 6.01 Å². The lowest BCUT2D eigenvalue weighted by Gasteiger charge is -2.08. The van der Waals surface area contributed by atoms with Crippen molar-refractivity contribution < 1.29 is 14.3 Å². The third-order valence-electron chi connectivity index (χ3n) is 5.00. The van der Waals surface area contributed by atoms with Crippen molar-refractivity contribution in [3.8, 4) is 35.4 Å². The molecule has 0 saturated heterocycles. The number of rotatable bonds is 3. The van der Waals surface area contributed by atoms with Crippen LogP contribution in [0.4, 0.5) is 0 Å². The second kappa shape index (κ2) is 8.17. The lowest BCUT2D eigenvalue weighted by atomic mass is 10.1. The van der Waals surface area contributed by atoms with Gasteiger partial charge in [-0.15, -0.1) is 0 Å². The number of methoxy groups -OCH3 is 1. The molecule has 2 aromatic carbocycles. The van der Waals surface area contributed by atoms with E-state index in [1.54, 1.807) is 36.4 Å². The quantitative estimate of drug-likeness (QED) is 0.260. The number of aryl methyl sites for hydroxylation is 2. The molecular formula is C25H19ClN2O3. The summed E-state index contributed by atoms with van der Waals surface area (Å²) < 4.78 is 12.0. The van der Waals surface area contributed by atoms with Gasteiger partial charge in [0.25, 0.3) is 0 Å². The zero-order chi connectivity index (χ0) is 22.1. The van der Waals surface area contributed by atoms with Crippen LogP contribution >= 0.6 is 11.6 Å². The van der Waals surface area contributed by atoms with Crippen molar-refractivity contribution >= 4 is 28.6 Å². The van der Waals surface area contributed by atoms with Crippen LogP contribution in [0.2, 0.25) is 5.02 Å². The predicted molar refractivity (Wildman–Crippen MR) is 122 cm³/mol. The van der Waals surface area contributed by atoms with E-state index >= 15 is 0 Å². The topological polar surface area (TPSA) is 53.4 Å². The van der Waals surface area contributed by atoms with E-state index in [0.29, 0.717) is 27.4 Å². The zero-order valence-corrected chi connectivity index (χ0v) is 18.0. The van der Waals surface area contributed by atoms with Gasteiger partial charge >= 0.3 is 12.0 Å². The molecule has 0 fully saturated rings. The van der Waals surface area contributed by atoms with E-state index in [1.165, 1.54) is 28.4 Å². The Bertz CT molecular complexity index is 1370. The van der Waals surface area contributed by atoms with Gasteiger partial charge in [-0.2, -0.15) is 4.98 Å². The molecule has 0 N–H and O–H groups in total. The van der Waals surface area contributed by atoms with E-state index < -0.39 is 5.97 Å². The van der Waals surface area contributed by atoms with Gasteiger partial charge in [-0.05, 0) is 72.5 Å². The molecular weight excluding hydrogens is 412 g/mol. The second-order valence-electron chi connectivity index (χ2n) is 7.09. The highest BCUT2D eigenvalue weighted by atomic mass is 35.5. The largest absolute Gasteiger partial charge is 0.465 e. The molecule has 3 aromatic rings. The molecule has 2 aliphatic rings. The van der Waals surface area contributed by atoms with Crippen LogP contribution in [0, 0.1) is 26.3 Å². The Morgan fingerprint density at radius 2 is 1.84 bits per heavy atom. The monoisotopic (exact) mass is 430 g/mol. The van der Waals surface area contributed by atoms with Crippen molar-refractivity contribution in [3.63, 3.8) is 0 Å². The summed E-state index contributed by atoms with van der Waals surface area (Å²) in [6, 6.07) is 19.5. The van der Waals surface area contributed by atoms with Gasteiger partial charge in [0.1, 0.15) is 5.75 Å². The number of carbonyl (C=O) groups is 1. The number of nitrogens with zero attached hydrogens (tertiary/aromatic N) is 2. The third-order valence-corrected chi connectivity index (χ3v) is 5.24. The van der Waals surface area contributed by atoms with Gasteiger partial charge in [0.15, 0.2) is 0 Å². The molecule has 31 heavy (non-hydrogen) atoms. The highest BCUT2D eigenvalue weighted by Crippen LogP contribution is 2.37. The van der Waals surface area contributed by atoms with Crippen molar-refractivity contribution in [2.75, 3.05) is 7.11 Å². The summed E-state index contributed by atoms with van der Waals surface area (Å²) in [5.41, 5.74) is 6.87. The molecule has 0 bridgehead atoms. The van der Waals surface area contributed by atoms with E-state index in [2.05, 4.69) is 36.2 Å². The van der Waals surface area contributed by atoms with Gasteiger partial charge in [-0.25, -0.2) is 9.36 Å². The summed E-state index contributed by atoms with van der Waals surface area (Å²) in [6.07, 6.45) is 5.56. The molecule has 0 atom stereocenters. The van der Waals surface area contributed by atoms with Crippen molar-refractivity contribution in [2.45, 2.75) is 13.8 Å². The summed E-state index contributed by atoms with van der Waals surface area (Å²) in [5.74, 6) is -0.00547. The number of imidazole rings is 1. The number of hydrogen-bond acceptors (Lipinski definition) is 4. The van der Waals surface area contributed by atoms with E-state index in [9.17, 15) is 4.79 Å². The van der Waals surface area contributed by atoms with Crippen LogP contribution in [0.1, 0.15) is 21.5 Å². The van der Waals surface area contributed by atoms with Crippen LogP contribution in [-0.4, -0.2) is 22.6 Å². The lowest BCUT2D eigenvalue weighted by molar-refractivity contribution is 0.0599. The maximum absolute atomic E-state index is 11.8. The lowest BCUT2D eigenvalue weighted by Crippen LogP contribution is -2.04. The molecule has 0 radical (unpaired) electrons. The number of fused-ring (bicyclic) bond motifs is 2. The summed E-state index contributed by atoms with van der Waals surface area (Å²) in [7, 11) is 1.33.